The van der Waals surface area contributed by atoms with Crippen LogP contribution >= 0.6 is 0 Å². The van der Waals surface area contributed by atoms with Crippen LogP contribution in [0.4, 0.5) is 5.82 Å². The molecule has 0 saturated heterocycles. The summed E-state index contributed by atoms with van der Waals surface area (Å²) in [6.07, 6.45) is 10.7. The minimum Gasteiger partial charge on any atom is -0.384 e. The van der Waals surface area contributed by atoms with E-state index in [1.165, 1.54) is 44.9 Å². The second kappa shape index (κ2) is 5.68. The highest BCUT2D eigenvalue weighted by Gasteiger charge is 2.37. The molecular formula is C16H25N3O. The van der Waals surface area contributed by atoms with Gasteiger partial charge in [-0.1, -0.05) is 32.1 Å². The number of nitrogen functional groups attached to an aromatic ring is 1. The van der Waals surface area contributed by atoms with Crippen LogP contribution in [0.1, 0.15) is 75.2 Å². The van der Waals surface area contributed by atoms with Crippen molar-refractivity contribution in [1.29, 1.82) is 0 Å². The van der Waals surface area contributed by atoms with Gasteiger partial charge in [-0.05, 0) is 25.7 Å². The lowest BCUT2D eigenvalue weighted by Crippen LogP contribution is -2.34. The smallest absolute Gasteiger partial charge is 0.162 e. The molecule has 2 N–H and O–H groups in total. The monoisotopic (exact) mass is 275 g/mol. The van der Waals surface area contributed by atoms with Gasteiger partial charge in [0, 0.05) is 24.8 Å². The van der Waals surface area contributed by atoms with Crippen LogP contribution in [0.3, 0.4) is 0 Å². The summed E-state index contributed by atoms with van der Waals surface area (Å²) in [5.74, 6) is 1.98. The number of rotatable bonds is 3. The average molecular weight is 275 g/mol. The van der Waals surface area contributed by atoms with Crippen molar-refractivity contribution < 1.29 is 4.74 Å². The third-order valence-electron chi connectivity index (χ3n) is 5.00. The van der Waals surface area contributed by atoms with Crippen LogP contribution in [0, 0.1) is 0 Å². The average Bonchev–Trinajstić information content (AvgIpc) is 3.01. The first-order chi connectivity index (χ1) is 9.73. The number of hydrogen-bond donors (Lipinski definition) is 1. The minimum absolute atomic E-state index is 0.305. The van der Waals surface area contributed by atoms with Gasteiger partial charge in [0.25, 0.3) is 0 Å². The molecule has 2 fully saturated rings. The molecule has 1 aromatic rings. The van der Waals surface area contributed by atoms with E-state index < -0.39 is 0 Å². The Labute approximate surface area is 121 Å². The van der Waals surface area contributed by atoms with Crippen molar-refractivity contribution >= 4 is 5.82 Å². The van der Waals surface area contributed by atoms with Crippen molar-refractivity contribution in [3.63, 3.8) is 0 Å². The van der Waals surface area contributed by atoms with Crippen LogP contribution in [-0.4, -0.2) is 17.1 Å². The van der Waals surface area contributed by atoms with E-state index in [9.17, 15) is 0 Å². The van der Waals surface area contributed by atoms with Gasteiger partial charge in [0.1, 0.15) is 11.4 Å². The van der Waals surface area contributed by atoms with E-state index >= 15 is 0 Å². The minimum atomic E-state index is -0.305. The molecule has 110 valence electrons. The van der Waals surface area contributed by atoms with Gasteiger partial charge in [-0.25, -0.2) is 9.97 Å². The Hall–Kier alpha value is -1.16. The predicted molar refractivity (Wildman–Crippen MR) is 79.4 cm³/mol. The van der Waals surface area contributed by atoms with Crippen LogP contribution in [0.5, 0.6) is 0 Å². The molecule has 1 heterocycles. The number of nitrogens with two attached hydrogens (primary N) is 1. The first kappa shape index (κ1) is 13.8. The Morgan fingerprint density at radius 1 is 1.10 bits per heavy atom. The number of ether oxygens (including phenoxy) is 1. The van der Waals surface area contributed by atoms with Gasteiger partial charge in [-0.3, -0.25) is 0 Å². The van der Waals surface area contributed by atoms with Crippen LogP contribution in [0.15, 0.2) is 6.07 Å². The van der Waals surface area contributed by atoms with E-state index in [1.54, 1.807) is 7.11 Å². The Morgan fingerprint density at radius 2 is 1.80 bits per heavy atom. The van der Waals surface area contributed by atoms with Crippen LogP contribution in [-0.2, 0) is 10.3 Å². The van der Waals surface area contributed by atoms with Crippen LogP contribution in [0.2, 0.25) is 0 Å². The highest BCUT2D eigenvalue weighted by Crippen LogP contribution is 2.40. The van der Waals surface area contributed by atoms with E-state index in [0.29, 0.717) is 11.7 Å². The van der Waals surface area contributed by atoms with Crippen LogP contribution in [0.25, 0.3) is 0 Å². The van der Waals surface area contributed by atoms with Gasteiger partial charge < -0.3 is 10.5 Å². The van der Waals surface area contributed by atoms with Gasteiger partial charge in [-0.2, -0.15) is 0 Å². The summed E-state index contributed by atoms with van der Waals surface area (Å²) in [4.78, 5) is 9.38. The van der Waals surface area contributed by atoms with Gasteiger partial charge >= 0.3 is 0 Å². The molecular weight excluding hydrogens is 250 g/mol. The Balaban J connectivity index is 1.95. The highest BCUT2D eigenvalue weighted by atomic mass is 16.5. The fourth-order valence-corrected chi connectivity index (χ4v) is 3.76. The van der Waals surface area contributed by atoms with Gasteiger partial charge in [0.05, 0.1) is 0 Å². The van der Waals surface area contributed by atoms with Crippen molar-refractivity contribution in [2.24, 2.45) is 0 Å². The maximum absolute atomic E-state index is 6.04. The SMILES string of the molecule is COC1(c2nc(N)cc(C3CCCC3)n2)CCCCC1. The molecule has 2 aliphatic rings. The Kier molecular flexibility index (Phi) is 3.92. The molecule has 3 rings (SSSR count). The number of aromatic nitrogens is 2. The molecule has 0 aliphatic heterocycles. The summed E-state index contributed by atoms with van der Waals surface area (Å²) in [6.45, 7) is 0. The molecule has 1 aromatic heterocycles. The lowest BCUT2D eigenvalue weighted by molar-refractivity contribution is -0.0515. The summed E-state index contributed by atoms with van der Waals surface area (Å²) in [6, 6.07) is 1.96. The molecule has 4 nitrogen and oxygen atoms in total. The largest absolute Gasteiger partial charge is 0.384 e. The van der Waals surface area contributed by atoms with E-state index in [0.717, 1.165) is 24.4 Å². The van der Waals surface area contributed by atoms with Crippen molar-refractivity contribution in [3.05, 3.63) is 17.6 Å². The zero-order valence-electron chi connectivity index (χ0n) is 12.4. The molecule has 0 spiro atoms. The summed E-state index contributed by atoms with van der Waals surface area (Å²) < 4.78 is 5.86. The number of nitrogens with zero attached hydrogens (tertiary/aromatic N) is 2. The fourth-order valence-electron chi connectivity index (χ4n) is 3.76. The normalized spacial score (nSPS) is 23.1. The maximum Gasteiger partial charge on any atom is 0.162 e. The quantitative estimate of drug-likeness (QED) is 0.916. The lowest BCUT2D eigenvalue weighted by atomic mass is 9.83. The molecule has 4 heteroatoms. The second-order valence-corrected chi connectivity index (χ2v) is 6.28. The predicted octanol–water partition coefficient (Wildman–Crippen LogP) is 3.52. The molecule has 0 unspecified atom stereocenters. The lowest BCUT2D eigenvalue weighted by Gasteiger charge is -2.34. The summed E-state index contributed by atoms with van der Waals surface area (Å²) >= 11 is 0. The van der Waals surface area contributed by atoms with Gasteiger partial charge in [0.15, 0.2) is 5.82 Å². The standard InChI is InChI=1S/C16H25N3O/c1-20-16(9-5-2-6-10-16)15-18-13(11-14(17)19-15)12-7-3-4-8-12/h11-12H,2-10H2,1H3,(H2,17,18,19). The zero-order valence-corrected chi connectivity index (χ0v) is 12.4. The Morgan fingerprint density at radius 3 is 2.45 bits per heavy atom. The van der Waals surface area contributed by atoms with Crippen molar-refractivity contribution in [2.75, 3.05) is 12.8 Å². The second-order valence-electron chi connectivity index (χ2n) is 6.28. The third kappa shape index (κ3) is 2.53. The molecule has 0 radical (unpaired) electrons. The number of methoxy groups -OCH3 is 1. The zero-order chi connectivity index (χ0) is 14.0. The summed E-state index contributed by atoms with van der Waals surface area (Å²) in [5, 5.41) is 0. The topological polar surface area (TPSA) is 61.0 Å². The first-order valence-electron chi connectivity index (χ1n) is 7.94. The molecule has 0 atom stereocenters. The van der Waals surface area contributed by atoms with E-state index in [1.807, 2.05) is 6.07 Å². The Bertz CT molecular complexity index is 463. The van der Waals surface area contributed by atoms with Gasteiger partial charge in [-0.15, -0.1) is 0 Å². The molecule has 0 amide bonds. The van der Waals surface area contributed by atoms with E-state index in [4.69, 9.17) is 15.5 Å². The summed E-state index contributed by atoms with van der Waals surface area (Å²) in [7, 11) is 1.78. The molecule has 2 saturated carbocycles. The highest BCUT2D eigenvalue weighted by molar-refractivity contribution is 5.33. The van der Waals surface area contributed by atoms with E-state index in [-0.39, 0.29) is 5.60 Å². The molecule has 0 bridgehead atoms. The fraction of sp³-hybridized carbons (Fsp3) is 0.750. The van der Waals surface area contributed by atoms with Crippen molar-refractivity contribution in [2.45, 2.75) is 69.3 Å². The van der Waals surface area contributed by atoms with Crippen LogP contribution < -0.4 is 5.73 Å². The first-order valence-corrected chi connectivity index (χ1v) is 7.94. The van der Waals surface area contributed by atoms with Gasteiger partial charge in [0.2, 0.25) is 0 Å². The van der Waals surface area contributed by atoms with Crippen molar-refractivity contribution in [3.8, 4) is 0 Å². The molecule has 20 heavy (non-hydrogen) atoms. The van der Waals surface area contributed by atoms with Crippen molar-refractivity contribution in [1.82, 2.24) is 9.97 Å². The van der Waals surface area contributed by atoms with E-state index in [2.05, 4.69) is 4.98 Å². The maximum atomic E-state index is 6.04. The third-order valence-corrected chi connectivity index (χ3v) is 5.00. The number of anilines is 1. The molecule has 2 aliphatic carbocycles. The molecule has 0 aromatic carbocycles. The summed E-state index contributed by atoms with van der Waals surface area (Å²) in [5.41, 5.74) is 6.87. The number of hydrogen-bond acceptors (Lipinski definition) is 4.